The van der Waals surface area contributed by atoms with Crippen molar-refractivity contribution in [3.8, 4) is 22.8 Å². The molecule has 8 heteroatoms. The predicted molar refractivity (Wildman–Crippen MR) is 99.1 cm³/mol. The Morgan fingerprint density at radius 1 is 1.12 bits per heavy atom. The van der Waals surface area contributed by atoms with Crippen LogP contribution in [0.25, 0.3) is 17.1 Å². The average Bonchev–Trinajstić information content (AvgIpc) is 3.13. The van der Waals surface area contributed by atoms with Crippen LogP contribution in [0.4, 0.5) is 0 Å². The summed E-state index contributed by atoms with van der Waals surface area (Å²) in [6, 6.07) is 9.31. The number of carboxylic acids is 1. The number of carboxylic acid groups (broad SMARTS) is 1. The first-order valence-electron chi connectivity index (χ1n) is 7.88. The minimum atomic E-state index is -1.30. The Morgan fingerprint density at radius 2 is 1.85 bits per heavy atom. The van der Waals surface area contributed by atoms with Crippen LogP contribution in [0.5, 0.6) is 5.75 Å². The number of aromatic hydroxyl groups is 1. The van der Waals surface area contributed by atoms with Crippen molar-refractivity contribution in [2.24, 2.45) is 0 Å². The first-order valence-corrected chi connectivity index (χ1v) is 9.44. The predicted octanol–water partition coefficient (Wildman–Crippen LogP) is 3.10. The number of hydrogen-bond donors (Lipinski definition) is 2. The molecule has 1 unspecified atom stereocenters. The number of rotatable bonds is 4. The summed E-state index contributed by atoms with van der Waals surface area (Å²) in [6.07, 6.45) is 4.43. The van der Waals surface area contributed by atoms with Gasteiger partial charge in [-0.3, -0.25) is 4.21 Å². The molecule has 0 saturated heterocycles. The van der Waals surface area contributed by atoms with Gasteiger partial charge in [0.25, 0.3) is 0 Å². The minimum absolute atomic E-state index is 0.0756. The second-order valence-corrected chi connectivity index (χ2v) is 6.32. The summed E-state index contributed by atoms with van der Waals surface area (Å²) in [4.78, 5) is 15.6. The van der Waals surface area contributed by atoms with Crippen molar-refractivity contribution in [2.75, 3.05) is 6.26 Å². The Bertz CT molecular complexity index is 953. The smallest absolute Gasteiger partial charge is 0.335 e. The number of nitrogens with zero attached hydrogens (tertiary/aromatic N) is 3. The van der Waals surface area contributed by atoms with Crippen LogP contribution in [0, 0.1) is 0 Å². The van der Waals surface area contributed by atoms with E-state index in [1.54, 1.807) is 24.4 Å². The van der Waals surface area contributed by atoms with Crippen LogP contribution < -0.4 is 0 Å². The molecule has 0 radical (unpaired) electrons. The fourth-order valence-corrected chi connectivity index (χ4v) is 2.90. The molecule has 3 aromatic rings. The molecule has 1 atom stereocenters. The van der Waals surface area contributed by atoms with Crippen molar-refractivity contribution in [3.05, 3.63) is 54.4 Å². The molecule has 7 nitrogen and oxygen atoms in total. The summed E-state index contributed by atoms with van der Waals surface area (Å²) in [7, 11) is -1.30. The van der Waals surface area contributed by atoms with Crippen LogP contribution in [0.3, 0.4) is 0 Å². The zero-order valence-corrected chi connectivity index (χ0v) is 15.4. The van der Waals surface area contributed by atoms with Crippen LogP contribution in [0.15, 0.2) is 53.7 Å². The Morgan fingerprint density at radius 3 is 2.46 bits per heavy atom. The van der Waals surface area contributed by atoms with Gasteiger partial charge >= 0.3 is 5.97 Å². The molecule has 0 saturated carbocycles. The molecule has 2 N–H and O–H groups in total. The molecule has 0 aliphatic carbocycles. The number of aromatic carboxylic acids is 1. The van der Waals surface area contributed by atoms with E-state index in [1.807, 2.05) is 13.8 Å². The van der Waals surface area contributed by atoms with E-state index in [9.17, 15) is 14.1 Å². The molecule has 1 aromatic carbocycles. The lowest BCUT2D eigenvalue weighted by Gasteiger charge is -2.09. The Balaban J connectivity index is 0.00000117. The molecule has 2 aromatic heterocycles. The summed E-state index contributed by atoms with van der Waals surface area (Å²) in [5.41, 5.74) is 1.36. The molecule has 136 valence electrons. The Hall–Kier alpha value is -3.00. The maximum Gasteiger partial charge on any atom is 0.335 e. The van der Waals surface area contributed by atoms with Crippen molar-refractivity contribution in [2.45, 2.75) is 18.7 Å². The van der Waals surface area contributed by atoms with Crippen LogP contribution in [-0.4, -0.2) is 41.4 Å². The molecule has 26 heavy (non-hydrogen) atoms. The first-order chi connectivity index (χ1) is 12.5. The van der Waals surface area contributed by atoms with Gasteiger partial charge in [-0.2, -0.15) is 5.10 Å². The molecule has 3 rings (SSSR count). The van der Waals surface area contributed by atoms with Gasteiger partial charge in [-0.25, -0.2) is 14.5 Å². The third-order valence-corrected chi connectivity index (χ3v) is 4.38. The Labute approximate surface area is 153 Å². The van der Waals surface area contributed by atoms with E-state index in [4.69, 9.17) is 5.11 Å². The first kappa shape index (κ1) is 19.3. The summed E-state index contributed by atoms with van der Waals surface area (Å²) in [5.74, 6) is -0.786. The molecule has 0 aliphatic rings. The van der Waals surface area contributed by atoms with Crippen LogP contribution in [-0.2, 0) is 10.8 Å². The van der Waals surface area contributed by atoms with Gasteiger partial charge in [0.1, 0.15) is 5.75 Å². The average molecular weight is 373 g/mol. The highest BCUT2D eigenvalue weighted by Gasteiger charge is 2.13. The lowest BCUT2D eigenvalue weighted by molar-refractivity contribution is 0.0696. The SMILES string of the molecule is CC.CS(=O)c1ccc(-c2ccnn2-c2cc(C(=O)O)ccn2)cc1O. The van der Waals surface area contributed by atoms with E-state index in [2.05, 4.69) is 10.1 Å². The van der Waals surface area contributed by atoms with E-state index in [0.717, 1.165) is 0 Å². The third-order valence-electron chi connectivity index (χ3n) is 3.42. The molecule has 0 spiro atoms. The fraction of sp³-hybridized carbons (Fsp3) is 0.167. The second-order valence-electron chi connectivity index (χ2n) is 4.97. The molecular formula is C18H19N3O4S. The van der Waals surface area contributed by atoms with Gasteiger partial charge in [0, 0.05) is 18.0 Å². The van der Waals surface area contributed by atoms with Crippen molar-refractivity contribution in [3.63, 3.8) is 0 Å². The normalized spacial score (nSPS) is 11.3. The van der Waals surface area contributed by atoms with E-state index in [0.29, 0.717) is 22.0 Å². The van der Waals surface area contributed by atoms with Gasteiger partial charge in [-0.1, -0.05) is 19.9 Å². The van der Waals surface area contributed by atoms with Crippen LogP contribution in [0.2, 0.25) is 0 Å². The largest absolute Gasteiger partial charge is 0.507 e. The molecule has 0 bridgehead atoms. The van der Waals surface area contributed by atoms with E-state index in [1.165, 1.54) is 35.3 Å². The zero-order valence-electron chi connectivity index (χ0n) is 14.6. The molecule has 0 aliphatic heterocycles. The molecule has 2 heterocycles. The third kappa shape index (κ3) is 3.97. The van der Waals surface area contributed by atoms with Crippen molar-refractivity contribution >= 4 is 16.8 Å². The number of pyridine rings is 1. The molecule has 0 fully saturated rings. The zero-order chi connectivity index (χ0) is 19.3. The van der Waals surface area contributed by atoms with Crippen molar-refractivity contribution < 1.29 is 19.2 Å². The highest BCUT2D eigenvalue weighted by Crippen LogP contribution is 2.29. The number of carbonyl (C=O) groups is 1. The second kappa shape index (κ2) is 8.39. The lowest BCUT2D eigenvalue weighted by atomic mass is 10.1. The summed E-state index contributed by atoms with van der Waals surface area (Å²) >= 11 is 0. The van der Waals surface area contributed by atoms with Gasteiger partial charge in [-0.05, 0) is 30.3 Å². The number of aromatic nitrogens is 3. The minimum Gasteiger partial charge on any atom is -0.507 e. The maximum absolute atomic E-state index is 11.5. The number of hydrogen-bond acceptors (Lipinski definition) is 5. The summed E-state index contributed by atoms with van der Waals surface area (Å²) in [5, 5.41) is 23.3. The standard InChI is InChI=1S/C16H13N3O4S.C2H6/c1-24(23)14-3-2-10(8-13(14)20)12-5-7-18-19(12)15-9-11(16(21)22)4-6-17-15;1-2/h2-9,20H,1H3,(H,21,22);1-2H3. The van der Waals surface area contributed by atoms with Crippen molar-refractivity contribution in [1.82, 2.24) is 14.8 Å². The topological polar surface area (TPSA) is 105 Å². The van der Waals surface area contributed by atoms with Gasteiger partial charge < -0.3 is 10.2 Å². The number of benzene rings is 1. The summed E-state index contributed by atoms with van der Waals surface area (Å²) in [6.45, 7) is 4.00. The molecular weight excluding hydrogens is 354 g/mol. The maximum atomic E-state index is 11.5. The van der Waals surface area contributed by atoms with E-state index < -0.39 is 16.8 Å². The number of phenols is 1. The highest BCUT2D eigenvalue weighted by molar-refractivity contribution is 7.84. The quantitative estimate of drug-likeness (QED) is 0.728. The highest BCUT2D eigenvalue weighted by atomic mass is 32.2. The monoisotopic (exact) mass is 373 g/mol. The lowest BCUT2D eigenvalue weighted by Crippen LogP contribution is -2.05. The number of phenolic OH excluding ortho intramolecular Hbond substituents is 1. The van der Waals surface area contributed by atoms with Gasteiger partial charge in [0.15, 0.2) is 5.82 Å². The summed E-state index contributed by atoms with van der Waals surface area (Å²) < 4.78 is 13.0. The van der Waals surface area contributed by atoms with Gasteiger partial charge in [0.05, 0.1) is 33.1 Å². The van der Waals surface area contributed by atoms with Crippen LogP contribution >= 0.6 is 0 Å². The van der Waals surface area contributed by atoms with Gasteiger partial charge in [0.2, 0.25) is 0 Å². The van der Waals surface area contributed by atoms with Gasteiger partial charge in [-0.15, -0.1) is 0 Å². The Kier molecular flexibility index (Phi) is 6.24. The van der Waals surface area contributed by atoms with Crippen LogP contribution in [0.1, 0.15) is 24.2 Å². The molecule has 0 amide bonds. The van der Waals surface area contributed by atoms with E-state index >= 15 is 0 Å². The fourth-order valence-electron chi connectivity index (χ4n) is 2.29. The van der Waals surface area contributed by atoms with Crippen molar-refractivity contribution in [1.29, 1.82) is 0 Å². The van der Waals surface area contributed by atoms with E-state index in [-0.39, 0.29) is 11.3 Å².